The van der Waals surface area contributed by atoms with Gasteiger partial charge in [0.2, 0.25) is 35.6 Å². The van der Waals surface area contributed by atoms with E-state index in [1.54, 1.807) is 39.8 Å². The summed E-state index contributed by atoms with van der Waals surface area (Å²) in [6, 6.07) is 3.54. The van der Waals surface area contributed by atoms with Crippen LogP contribution in [0.25, 0.3) is 0 Å². The summed E-state index contributed by atoms with van der Waals surface area (Å²) in [4.78, 5) is 24.8. The van der Waals surface area contributed by atoms with Gasteiger partial charge >= 0.3 is 11.9 Å². The average molecular weight is 689 g/mol. The highest BCUT2D eigenvalue weighted by Crippen LogP contribution is 2.52. The van der Waals surface area contributed by atoms with E-state index in [9.17, 15) is 9.59 Å². The smallest absolute Gasteiger partial charge is 0.336 e. The number of hydrogen-bond acceptors (Lipinski definition) is 12. The van der Waals surface area contributed by atoms with Crippen LogP contribution in [0.3, 0.4) is 0 Å². The van der Waals surface area contributed by atoms with Gasteiger partial charge in [-0.25, -0.2) is 9.59 Å². The van der Waals surface area contributed by atoms with E-state index in [4.69, 9.17) is 47.4 Å². The lowest BCUT2D eigenvalue weighted by molar-refractivity contribution is -0.157. The van der Waals surface area contributed by atoms with Crippen LogP contribution < -0.4 is 37.9 Å². The van der Waals surface area contributed by atoms with Gasteiger partial charge in [0.05, 0.1) is 39.6 Å². The van der Waals surface area contributed by atoms with Crippen LogP contribution in [0.1, 0.15) is 80.4 Å². The molecule has 272 valence electrons. The van der Waals surface area contributed by atoms with Gasteiger partial charge in [-0.1, -0.05) is 13.2 Å². The Morgan fingerprint density at radius 2 is 0.837 bits per heavy atom. The van der Waals surface area contributed by atoms with E-state index in [1.807, 2.05) is 41.5 Å². The minimum Gasteiger partial charge on any atom is -0.490 e. The summed E-state index contributed by atoms with van der Waals surface area (Å²) >= 11 is 0. The van der Waals surface area contributed by atoms with Crippen LogP contribution in [0.15, 0.2) is 36.4 Å². The second-order valence-corrected chi connectivity index (χ2v) is 10.6. The fourth-order valence-corrected chi connectivity index (χ4v) is 4.55. The number of carbonyl (C=O) groups excluding carboxylic acids is 2. The third-order valence-electron chi connectivity index (χ3n) is 6.41. The number of hydrogen-bond donors (Lipinski definition) is 0. The van der Waals surface area contributed by atoms with Crippen LogP contribution >= 0.6 is 0 Å². The molecule has 0 radical (unpaired) electrons. The highest BCUT2D eigenvalue weighted by Gasteiger charge is 2.30. The maximum Gasteiger partial charge on any atom is 0.336 e. The summed E-state index contributed by atoms with van der Waals surface area (Å²) in [5.74, 6) is 1.25. The second-order valence-electron chi connectivity index (χ2n) is 10.6. The van der Waals surface area contributed by atoms with Crippen LogP contribution in [0.2, 0.25) is 0 Å². The van der Waals surface area contributed by atoms with Gasteiger partial charge in [-0.05, 0) is 67.5 Å². The van der Waals surface area contributed by atoms with E-state index in [0.29, 0.717) is 60.6 Å². The van der Waals surface area contributed by atoms with Crippen LogP contribution in [0.4, 0.5) is 0 Å². The molecule has 12 heteroatoms. The maximum atomic E-state index is 12.4. The topological polar surface area (TPSA) is 126 Å². The molecule has 0 fully saturated rings. The molecule has 2 aromatic carbocycles. The van der Waals surface area contributed by atoms with Gasteiger partial charge in [0.15, 0.2) is 23.0 Å². The molecule has 2 aromatic rings. The van der Waals surface area contributed by atoms with Gasteiger partial charge in [-0.3, -0.25) is 0 Å². The first kappa shape index (κ1) is 40.4. The standard InChI is InChI=1S/C37H52O12/c1-13-40-28-20-26(30(34(44-17-5)32(28)42-15-3)46-24(11)48-36(38)22(7)8)19-27-21-29(41-14-2)33(43-16-4)35(45-18-6)31(27)47-25(12)49-37(39)23(9)10/h20-21,24-25H,7,9,13-19H2,1-6,8,10-12H3. The van der Waals surface area contributed by atoms with Crippen molar-refractivity contribution in [2.24, 2.45) is 0 Å². The normalized spacial score (nSPS) is 11.8. The molecule has 2 atom stereocenters. The Morgan fingerprint density at radius 1 is 0.531 bits per heavy atom. The highest BCUT2D eigenvalue weighted by atomic mass is 16.7. The van der Waals surface area contributed by atoms with Crippen LogP contribution in [-0.2, 0) is 25.5 Å². The van der Waals surface area contributed by atoms with Gasteiger partial charge in [0, 0.05) is 42.5 Å². The van der Waals surface area contributed by atoms with Crippen LogP contribution in [0.5, 0.6) is 46.0 Å². The quantitative estimate of drug-likeness (QED) is 0.0697. The van der Waals surface area contributed by atoms with Gasteiger partial charge in [0.25, 0.3) is 0 Å². The number of benzene rings is 2. The summed E-state index contributed by atoms with van der Waals surface area (Å²) in [6.07, 6.45) is -1.98. The number of rotatable bonds is 22. The van der Waals surface area contributed by atoms with Gasteiger partial charge in [-0.2, -0.15) is 0 Å². The lowest BCUT2D eigenvalue weighted by Gasteiger charge is -2.26. The maximum absolute atomic E-state index is 12.4. The molecule has 0 aliphatic heterocycles. The molecular weight excluding hydrogens is 636 g/mol. The van der Waals surface area contributed by atoms with Crippen molar-refractivity contribution in [3.8, 4) is 46.0 Å². The second kappa shape index (κ2) is 19.9. The molecule has 12 nitrogen and oxygen atoms in total. The Balaban J connectivity index is 2.98. The molecule has 2 unspecified atom stereocenters. The zero-order chi connectivity index (χ0) is 36.7. The first-order chi connectivity index (χ1) is 23.4. The number of carbonyl (C=O) groups is 2. The molecule has 49 heavy (non-hydrogen) atoms. The lowest BCUT2D eigenvalue weighted by Crippen LogP contribution is -2.23. The third kappa shape index (κ3) is 11.2. The Hall–Kier alpha value is -4.74. The Bertz CT molecular complexity index is 1340. The fraction of sp³-hybridized carbons (Fsp3) is 0.514. The molecule has 0 saturated carbocycles. The Kier molecular flexibility index (Phi) is 16.4. The zero-order valence-corrected chi connectivity index (χ0v) is 30.6. The van der Waals surface area contributed by atoms with E-state index in [2.05, 4.69) is 13.2 Å². The lowest BCUT2D eigenvalue weighted by atomic mass is 10.00. The first-order valence-corrected chi connectivity index (χ1v) is 16.6. The third-order valence-corrected chi connectivity index (χ3v) is 6.41. The summed E-state index contributed by atoms with van der Waals surface area (Å²) < 4.78 is 59.9. The van der Waals surface area contributed by atoms with E-state index in [0.717, 1.165) is 0 Å². The van der Waals surface area contributed by atoms with E-state index >= 15 is 0 Å². The molecule has 2 rings (SSSR count). The summed E-state index contributed by atoms with van der Waals surface area (Å²) in [5.41, 5.74) is 1.54. The Morgan fingerprint density at radius 3 is 1.12 bits per heavy atom. The summed E-state index contributed by atoms with van der Waals surface area (Å²) in [5, 5.41) is 0. The largest absolute Gasteiger partial charge is 0.490 e. The molecular formula is C37H52O12. The van der Waals surface area contributed by atoms with Crippen molar-refractivity contribution < 1.29 is 57.0 Å². The minimum absolute atomic E-state index is 0.117. The molecule has 0 bridgehead atoms. The van der Waals surface area contributed by atoms with Crippen molar-refractivity contribution in [2.45, 2.75) is 88.2 Å². The van der Waals surface area contributed by atoms with Crippen molar-refractivity contribution in [2.75, 3.05) is 39.6 Å². The Labute approximate surface area is 290 Å². The number of ether oxygens (including phenoxy) is 10. The molecule has 0 aliphatic carbocycles. The summed E-state index contributed by atoms with van der Waals surface area (Å²) in [7, 11) is 0. The average Bonchev–Trinajstić information content (AvgIpc) is 3.03. The predicted octanol–water partition coefficient (Wildman–Crippen LogP) is 7.36. The van der Waals surface area contributed by atoms with Gasteiger partial charge < -0.3 is 47.4 Å². The predicted molar refractivity (Wildman–Crippen MR) is 185 cm³/mol. The molecule has 0 heterocycles. The van der Waals surface area contributed by atoms with Crippen molar-refractivity contribution in [3.05, 3.63) is 47.6 Å². The van der Waals surface area contributed by atoms with Crippen molar-refractivity contribution in [1.29, 1.82) is 0 Å². The molecule has 0 amide bonds. The summed E-state index contributed by atoms with van der Waals surface area (Å²) in [6.45, 7) is 26.4. The first-order valence-electron chi connectivity index (χ1n) is 16.6. The molecule has 0 aromatic heterocycles. The fourth-order valence-electron chi connectivity index (χ4n) is 4.55. The van der Waals surface area contributed by atoms with Crippen molar-refractivity contribution in [3.63, 3.8) is 0 Å². The molecule has 0 aliphatic rings. The molecule has 0 saturated heterocycles. The van der Waals surface area contributed by atoms with Crippen LogP contribution in [-0.4, -0.2) is 64.2 Å². The van der Waals surface area contributed by atoms with Crippen molar-refractivity contribution >= 4 is 11.9 Å². The zero-order valence-electron chi connectivity index (χ0n) is 30.6. The molecule has 0 spiro atoms. The van der Waals surface area contributed by atoms with Gasteiger partial charge in [0.1, 0.15) is 0 Å². The molecule has 0 N–H and O–H groups in total. The highest BCUT2D eigenvalue weighted by molar-refractivity contribution is 5.87. The SMILES string of the molecule is C=C(C)C(=O)OC(C)Oc1c(Cc2cc(OCC)c(OCC)c(OCC)c2OC(C)OC(=O)C(=C)C)cc(OCC)c(OCC)c1OCC. The number of esters is 2. The monoisotopic (exact) mass is 688 g/mol. The van der Waals surface area contributed by atoms with Crippen molar-refractivity contribution in [1.82, 2.24) is 0 Å². The minimum atomic E-state index is -1.05. The van der Waals surface area contributed by atoms with Gasteiger partial charge in [-0.15, -0.1) is 0 Å². The van der Waals surface area contributed by atoms with E-state index < -0.39 is 24.5 Å². The van der Waals surface area contributed by atoms with E-state index in [-0.39, 0.29) is 53.8 Å². The van der Waals surface area contributed by atoms with Crippen LogP contribution in [0, 0.1) is 0 Å². The van der Waals surface area contributed by atoms with E-state index in [1.165, 1.54) is 0 Å².